The van der Waals surface area contributed by atoms with E-state index in [0.29, 0.717) is 19.8 Å². The van der Waals surface area contributed by atoms with Gasteiger partial charge in [0.1, 0.15) is 24.8 Å². The molecular weight excluding hydrogens is 359 g/mol. The van der Waals surface area contributed by atoms with Gasteiger partial charge in [-0.05, 0) is 49.2 Å². The summed E-state index contributed by atoms with van der Waals surface area (Å²) in [4.78, 5) is 4.84. The molecule has 2 aliphatic heterocycles. The molecule has 2 aromatic carbocycles. The fraction of sp³-hybridized carbons (Fsp3) is 0.455. The van der Waals surface area contributed by atoms with Crippen LogP contribution in [-0.4, -0.2) is 57.4 Å². The van der Waals surface area contributed by atoms with Crippen LogP contribution in [0.1, 0.15) is 12.0 Å². The highest BCUT2D eigenvalue weighted by atomic mass is 19.1. The van der Waals surface area contributed by atoms with Gasteiger partial charge in [0.25, 0.3) is 0 Å². The highest BCUT2D eigenvalue weighted by Crippen LogP contribution is 2.39. The average molecular weight is 386 g/mol. The molecule has 0 saturated carbocycles. The number of piperazine rings is 1. The van der Waals surface area contributed by atoms with Crippen LogP contribution in [0.3, 0.4) is 0 Å². The Morgan fingerprint density at radius 3 is 2.68 bits per heavy atom. The first-order valence-corrected chi connectivity index (χ1v) is 9.95. The molecule has 0 bridgehead atoms. The van der Waals surface area contributed by atoms with Gasteiger partial charge in [0, 0.05) is 32.7 Å². The van der Waals surface area contributed by atoms with Gasteiger partial charge < -0.3 is 19.1 Å². The van der Waals surface area contributed by atoms with Gasteiger partial charge in [0.05, 0.1) is 12.3 Å². The van der Waals surface area contributed by atoms with Gasteiger partial charge in [-0.15, -0.1) is 0 Å². The van der Waals surface area contributed by atoms with Gasteiger partial charge in [0.2, 0.25) is 0 Å². The third-order valence-electron chi connectivity index (χ3n) is 5.27. The maximum absolute atomic E-state index is 13.1. The smallest absolute Gasteiger partial charge is 0.184 e. The predicted octanol–water partition coefficient (Wildman–Crippen LogP) is 3.50. The lowest BCUT2D eigenvalue weighted by Crippen LogP contribution is -2.47. The Morgan fingerprint density at radius 2 is 1.86 bits per heavy atom. The number of fused-ring (bicyclic) bond motifs is 1. The number of nitrogens with zero attached hydrogens (tertiary/aromatic N) is 2. The van der Waals surface area contributed by atoms with Gasteiger partial charge in [-0.2, -0.15) is 0 Å². The van der Waals surface area contributed by atoms with E-state index in [1.165, 1.54) is 12.1 Å². The van der Waals surface area contributed by atoms with E-state index in [0.717, 1.165) is 67.6 Å². The molecule has 28 heavy (non-hydrogen) atoms. The molecule has 2 heterocycles. The topological polar surface area (TPSA) is 34.2 Å². The second-order valence-electron chi connectivity index (χ2n) is 7.24. The zero-order valence-electron chi connectivity index (χ0n) is 16.3. The minimum absolute atomic E-state index is 0.223. The van der Waals surface area contributed by atoms with E-state index in [4.69, 9.17) is 14.2 Å². The highest BCUT2D eigenvalue weighted by molar-refractivity contribution is 5.65. The SMILES string of the molecule is Cc1cc(F)ccc1OCCCN1CCN(c2cccc3c2OCCO3)CC1. The van der Waals surface area contributed by atoms with Gasteiger partial charge in [-0.3, -0.25) is 4.90 Å². The lowest BCUT2D eigenvalue weighted by atomic mass is 10.2. The van der Waals surface area contributed by atoms with Gasteiger partial charge in [-0.1, -0.05) is 6.07 Å². The van der Waals surface area contributed by atoms with Gasteiger partial charge >= 0.3 is 0 Å². The van der Waals surface area contributed by atoms with Crippen LogP contribution in [-0.2, 0) is 0 Å². The molecule has 4 rings (SSSR count). The first-order chi connectivity index (χ1) is 13.7. The highest BCUT2D eigenvalue weighted by Gasteiger charge is 2.23. The molecule has 1 saturated heterocycles. The van der Waals surface area contributed by atoms with Crippen molar-refractivity contribution < 1.29 is 18.6 Å². The third kappa shape index (κ3) is 4.33. The number of ether oxygens (including phenoxy) is 3. The van der Waals surface area contributed by atoms with Crippen LogP contribution in [0.2, 0.25) is 0 Å². The predicted molar refractivity (Wildman–Crippen MR) is 107 cm³/mol. The zero-order chi connectivity index (χ0) is 19.3. The van der Waals surface area contributed by atoms with Crippen LogP contribution in [0.5, 0.6) is 17.2 Å². The van der Waals surface area contributed by atoms with Crippen LogP contribution in [0.4, 0.5) is 10.1 Å². The maximum atomic E-state index is 13.1. The first kappa shape index (κ1) is 18.9. The molecule has 0 atom stereocenters. The van der Waals surface area contributed by atoms with E-state index < -0.39 is 0 Å². The summed E-state index contributed by atoms with van der Waals surface area (Å²) in [6.45, 7) is 8.70. The summed E-state index contributed by atoms with van der Waals surface area (Å²) in [5.41, 5.74) is 1.97. The van der Waals surface area contributed by atoms with Crippen molar-refractivity contribution in [3.8, 4) is 17.2 Å². The largest absolute Gasteiger partial charge is 0.493 e. The molecule has 0 spiro atoms. The lowest BCUT2D eigenvalue weighted by Gasteiger charge is -2.37. The molecule has 0 aromatic heterocycles. The van der Waals surface area contributed by atoms with Crippen molar-refractivity contribution in [3.05, 3.63) is 47.8 Å². The zero-order valence-corrected chi connectivity index (χ0v) is 16.3. The van der Waals surface area contributed by atoms with Gasteiger partial charge in [0.15, 0.2) is 11.5 Å². The number of aryl methyl sites for hydroxylation is 1. The summed E-state index contributed by atoms with van der Waals surface area (Å²) in [7, 11) is 0. The Balaban J connectivity index is 1.23. The number of benzene rings is 2. The molecule has 150 valence electrons. The summed E-state index contributed by atoms with van der Waals surface area (Å²) in [5, 5.41) is 0. The fourth-order valence-electron chi connectivity index (χ4n) is 3.76. The molecule has 0 aliphatic carbocycles. The summed E-state index contributed by atoms with van der Waals surface area (Å²) in [5.74, 6) is 2.27. The van der Waals surface area contributed by atoms with Crippen molar-refractivity contribution in [1.29, 1.82) is 0 Å². The second-order valence-corrected chi connectivity index (χ2v) is 7.24. The van der Waals surface area contributed by atoms with Crippen LogP contribution >= 0.6 is 0 Å². The molecule has 0 radical (unpaired) electrons. The Labute approximate surface area is 165 Å². The summed E-state index contributed by atoms with van der Waals surface area (Å²) in [6, 6.07) is 10.8. The van der Waals surface area contributed by atoms with Crippen molar-refractivity contribution in [2.75, 3.05) is 57.4 Å². The third-order valence-corrected chi connectivity index (χ3v) is 5.27. The summed E-state index contributed by atoms with van der Waals surface area (Å²) in [6.07, 6.45) is 0.953. The van der Waals surface area contributed by atoms with E-state index in [-0.39, 0.29) is 5.82 Å². The van der Waals surface area contributed by atoms with E-state index >= 15 is 0 Å². The molecule has 0 N–H and O–H groups in total. The normalized spacial score (nSPS) is 16.9. The Bertz CT molecular complexity index is 806. The monoisotopic (exact) mass is 386 g/mol. The van der Waals surface area contributed by atoms with Crippen molar-refractivity contribution >= 4 is 5.69 Å². The van der Waals surface area contributed by atoms with E-state index in [2.05, 4.69) is 15.9 Å². The molecular formula is C22H27FN2O3. The number of anilines is 1. The number of hydrogen-bond acceptors (Lipinski definition) is 5. The van der Waals surface area contributed by atoms with E-state index in [1.807, 2.05) is 19.1 Å². The maximum Gasteiger partial charge on any atom is 0.184 e. The molecule has 1 fully saturated rings. The molecule has 5 nitrogen and oxygen atoms in total. The molecule has 0 unspecified atom stereocenters. The van der Waals surface area contributed by atoms with Crippen LogP contribution in [0.25, 0.3) is 0 Å². The van der Waals surface area contributed by atoms with E-state index in [9.17, 15) is 4.39 Å². The quantitative estimate of drug-likeness (QED) is 0.710. The van der Waals surface area contributed by atoms with Crippen molar-refractivity contribution in [2.24, 2.45) is 0 Å². The molecule has 0 amide bonds. The Kier molecular flexibility index (Phi) is 5.86. The van der Waals surface area contributed by atoms with Crippen LogP contribution in [0, 0.1) is 12.7 Å². The van der Waals surface area contributed by atoms with Crippen LogP contribution in [0.15, 0.2) is 36.4 Å². The minimum Gasteiger partial charge on any atom is -0.493 e. The number of halogens is 1. The lowest BCUT2D eigenvalue weighted by molar-refractivity contribution is 0.171. The Morgan fingerprint density at radius 1 is 1.04 bits per heavy atom. The fourth-order valence-corrected chi connectivity index (χ4v) is 3.76. The molecule has 2 aromatic rings. The number of para-hydroxylation sites is 1. The number of hydrogen-bond donors (Lipinski definition) is 0. The van der Waals surface area contributed by atoms with Crippen LogP contribution < -0.4 is 19.1 Å². The molecule has 2 aliphatic rings. The summed E-state index contributed by atoms with van der Waals surface area (Å²) < 4.78 is 30.5. The minimum atomic E-state index is -0.223. The van der Waals surface area contributed by atoms with E-state index in [1.54, 1.807) is 6.07 Å². The van der Waals surface area contributed by atoms with Crippen molar-refractivity contribution in [1.82, 2.24) is 4.90 Å². The first-order valence-electron chi connectivity index (χ1n) is 9.95. The average Bonchev–Trinajstić information content (AvgIpc) is 2.72. The second kappa shape index (κ2) is 8.69. The molecule has 6 heteroatoms. The van der Waals surface area contributed by atoms with Crippen molar-refractivity contribution in [2.45, 2.75) is 13.3 Å². The standard InChI is InChI=1S/C22H27FN2O3/c1-17-16-18(23)6-7-20(17)26-13-3-8-24-9-11-25(12-10-24)19-4-2-5-21-22(19)28-15-14-27-21/h2,4-7,16H,3,8-15H2,1H3. The number of rotatable bonds is 6. The van der Waals surface area contributed by atoms with Gasteiger partial charge in [-0.25, -0.2) is 4.39 Å². The Hall–Kier alpha value is -2.47. The van der Waals surface area contributed by atoms with Crippen molar-refractivity contribution in [3.63, 3.8) is 0 Å². The summed E-state index contributed by atoms with van der Waals surface area (Å²) >= 11 is 0.